The van der Waals surface area contributed by atoms with Crippen molar-refractivity contribution >= 4 is 5.78 Å². The molecule has 1 atom stereocenters. The quantitative estimate of drug-likeness (QED) is 0.591. The number of hydrogen-bond acceptors (Lipinski definition) is 4. The number of methoxy groups -OCH3 is 1. The van der Waals surface area contributed by atoms with E-state index in [2.05, 4.69) is 16.9 Å². The molecule has 30 heavy (non-hydrogen) atoms. The lowest BCUT2D eigenvalue weighted by Crippen LogP contribution is -2.24. The molecule has 0 spiro atoms. The van der Waals surface area contributed by atoms with Crippen LogP contribution in [-0.2, 0) is 0 Å². The summed E-state index contributed by atoms with van der Waals surface area (Å²) in [6.45, 7) is 2.08. The number of nitrogens with one attached hydrogen (secondary N) is 1. The van der Waals surface area contributed by atoms with Gasteiger partial charge in [0.05, 0.1) is 12.7 Å². The van der Waals surface area contributed by atoms with E-state index in [-0.39, 0.29) is 34.6 Å². The van der Waals surface area contributed by atoms with Crippen LogP contribution in [0.2, 0.25) is 0 Å². The molecule has 0 aliphatic heterocycles. The summed E-state index contributed by atoms with van der Waals surface area (Å²) in [6.07, 6.45) is 5.10. The first-order chi connectivity index (χ1) is 14.4. The van der Waals surface area contributed by atoms with Crippen molar-refractivity contribution in [3.63, 3.8) is 0 Å². The van der Waals surface area contributed by atoms with Crippen LogP contribution in [0.5, 0.6) is 5.88 Å². The van der Waals surface area contributed by atoms with E-state index in [4.69, 9.17) is 4.74 Å². The van der Waals surface area contributed by atoms with Gasteiger partial charge in [-0.05, 0) is 61.1 Å². The monoisotopic (exact) mass is 418 g/mol. The van der Waals surface area contributed by atoms with Crippen molar-refractivity contribution in [3.8, 4) is 5.88 Å². The predicted molar refractivity (Wildman–Crippen MR) is 110 cm³/mol. The second-order valence-electron chi connectivity index (χ2n) is 7.97. The summed E-state index contributed by atoms with van der Waals surface area (Å²) >= 11 is 0. The SMILES string of the molecule is CC[C@@H](CC(=O)c1ccc(=O)[nH]c1)C1CCC(c2ccnc(OC)c2C(F)F)CC1. The number of rotatable bonds is 8. The van der Waals surface area contributed by atoms with Gasteiger partial charge in [-0.15, -0.1) is 0 Å². The molecule has 1 aliphatic rings. The fourth-order valence-corrected chi connectivity index (χ4v) is 4.69. The molecule has 0 saturated heterocycles. The van der Waals surface area contributed by atoms with Crippen LogP contribution in [0.15, 0.2) is 35.4 Å². The standard InChI is InChI=1S/C23H28F2N2O3/c1-3-14(12-19(28)17-8-9-20(29)27-13-17)15-4-6-16(7-5-15)18-10-11-26-23(30-2)21(18)22(24)25/h8-11,13-16,22H,3-7,12H2,1-2H3,(H,27,29)/t14-,15?,16?/m0/s1. The van der Waals surface area contributed by atoms with Gasteiger partial charge in [-0.2, -0.15) is 0 Å². The summed E-state index contributed by atoms with van der Waals surface area (Å²) in [6, 6.07) is 4.61. The number of hydrogen-bond donors (Lipinski definition) is 1. The van der Waals surface area contributed by atoms with E-state index in [0.717, 1.165) is 32.1 Å². The summed E-state index contributed by atoms with van der Waals surface area (Å²) in [5.74, 6) is 0.708. The van der Waals surface area contributed by atoms with E-state index >= 15 is 0 Å². The van der Waals surface area contributed by atoms with Crippen LogP contribution in [0.4, 0.5) is 8.78 Å². The third kappa shape index (κ3) is 4.94. The largest absolute Gasteiger partial charge is 0.481 e. The lowest BCUT2D eigenvalue weighted by atomic mass is 9.71. The number of nitrogens with zero attached hydrogens (tertiary/aromatic N) is 1. The molecule has 1 aliphatic carbocycles. The van der Waals surface area contributed by atoms with E-state index < -0.39 is 6.43 Å². The summed E-state index contributed by atoms with van der Waals surface area (Å²) in [5.41, 5.74) is 0.830. The Morgan fingerprint density at radius 3 is 2.53 bits per heavy atom. The van der Waals surface area contributed by atoms with Gasteiger partial charge >= 0.3 is 0 Å². The van der Waals surface area contributed by atoms with Crippen LogP contribution < -0.4 is 10.3 Å². The van der Waals surface area contributed by atoms with Gasteiger partial charge in [0.25, 0.3) is 6.43 Å². The Kier molecular flexibility index (Phi) is 7.34. The Bertz CT molecular complexity index is 900. The summed E-state index contributed by atoms with van der Waals surface area (Å²) in [7, 11) is 1.36. The maximum atomic E-state index is 13.6. The van der Waals surface area contributed by atoms with Gasteiger partial charge in [-0.1, -0.05) is 13.3 Å². The van der Waals surface area contributed by atoms with Gasteiger partial charge in [0, 0.05) is 30.4 Å². The van der Waals surface area contributed by atoms with Crippen LogP contribution in [0.25, 0.3) is 0 Å². The number of H-pyrrole nitrogens is 1. The number of aromatic nitrogens is 2. The van der Waals surface area contributed by atoms with E-state index in [0.29, 0.717) is 23.5 Å². The highest BCUT2D eigenvalue weighted by Crippen LogP contribution is 2.44. The van der Waals surface area contributed by atoms with E-state index in [9.17, 15) is 18.4 Å². The molecule has 2 heterocycles. The lowest BCUT2D eigenvalue weighted by molar-refractivity contribution is 0.0924. The first kappa shape index (κ1) is 22.1. The Balaban J connectivity index is 1.66. The number of pyridine rings is 2. The topological polar surface area (TPSA) is 72.0 Å². The average molecular weight is 418 g/mol. The minimum Gasteiger partial charge on any atom is -0.481 e. The third-order valence-electron chi connectivity index (χ3n) is 6.36. The van der Waals surface area contributed by atoms with Crippen molar-refractivity contribution < 1.29 is 18.3 Å². The van der Waals surface area contributed by atoms with Crippen LogP contribution >= 0.6 is 0 Å². The molecule has 1 N–H and O–H groups in total. The summed E-state index contributed by atoms with van der Waals surface area (Å²) < 4.78 is 32.3. The molecular formula is C23H28F2N2O3. The number of aromatic amines is 1. The number of Topliss-reactive ketones (excluding diaryl/α,β-unsaturated/α-hetero) is 1. The Morgan fingerprint density at radius 2 is 1.97 bits per heavy atom. The van der Waals surface area contributed by atoms with E-state index in [1.807, 2.05) is 0 Å². The molecule has 1 fully saturated rings. The number of carbonyl (C=O) groups excluding carboxylic acids is 1. The fourth-order valence-electron chi connectivity index (χ4n) is 4.69. The van der Waals surface area contributed by atoms with Crippen molar-refractivity contribution in [1.82, 2.24) is 9.97 Å². The van der Waals surface area contributed by atoms with Gasteiger partial charge in [0.2, 0.25) is 11.4 Å². The minimum absolute atomic E-state index is 0.00237. The van der Waals surface area contributed by atoms with Crippen LogP contribution in [0, 0.1) is 11.8 Å². The summed E-state index contributed by atoms with van der Waals surface area (Å²) in [4.78, 5) is 30.3. The minimum atomic E-state index is -2.63. The van der Waals surface area contributed by atoms with Crippen LogP contribution in [-0.4, -0.2) is 22.9 Å². The first-order valence-corrected chi connectivity index (χ1v) is 10.5. The molecule has 5 nitrogen and oxygen atoms in total. The second kappa shape index (κ2) is 9.96. The van der Waals surface area contributed by atoms with Gasteiger partial charge < -0.3 is 9.72 Å². The first-order valence-electron chi connectivity index (χ1n) is 10.5. The zero-order valence-electron chi connectivity index (χ0n) is 17.4. The molecule has 1 saturated carbocycles. The highest BCUT2D eigenvalue weighted by Gasteiger charge is 2.32. The maximum Gasteiger partial charge on any atom is 0.269 e. The van der Waals surface area contributed by atoms with Gasteiger partial charge in [0.1, 0.15) is 0 Å². The highest BCUT2D eigenvalue weighted by atomic mass is 19.3. The van der Waals surface area contributed by atoms with Crippen molar-refractivity contribution in [3.05, 3.63) is 57.6 Å². The molecule has 2 aromatic heterocycles. The van der Waals surface area contributed by atoms with E-state index in [1.165, 1.54) is 25.6 Å². The van der Waals surface area contributed by atoms with Crippen molar-refractivity contribution in [2.75, 3.05) is 7.11 Å². The molecule has 0 unspecified atom stereocenters. The number of ether oxygens (including phenoxy) is 1. The summed E-state index contributed by atoms with van der Waals surface area (Å²) in [5, 5.41) is 0. The van der Waals surface area contributed by atoms with Gasteiger partial charge in [-0.25, -0.2) is 13.8 Å². The number of carbonyl (C=O) groups is 1. The Labute approximate surface area is 174 Å². The Hall–Kier alpha value is -2.57. The smallest absolute Gasteiger partial charge is 0.269 e. The fraction of sp³-hybridized carbons (Fsp3) is 0.522. The predicted octanol–water partition coefficient (Wildman–Crippen LogP) is 5.29. The molecule has 0 bridgehead atoms. The van der Waals surface area contributed by atoms with Crippen LogP contribution in [0.1, 0.15) is 79.3 Å². The zero-order chi connectivity index (χ0) is 21.7. The van der Waals surface area contributed by atoms with Gasteiger partial charge in [0.15, 0.2) is 5.78 Å². The number of halogens is 2. The molecule has 3 rings (SSSR count). The maximum absolute atomic E-state index is 13.6. The van der Waals surface area contributed by atoms with Gasteiger partial charge in [-0.3, -0.25) is 9.59 Å². The molecular weight excluding hydrogens is 390 g/mol. The molecule has 0 radical (unpaired) electrons. The molecule has 162 valence electrons. The van der Waals surface area contributed by atoms with Crippen LogP contribution in [0.3, 0.4) is 0 Å². The lowest BCUT2D eigenvalue weighted by Gasteiger charge is -2.34. The third-order valence-corrected chi connectivity index (χ3v) is 6.36. The zero-order valence-corrected chi connectivity index (χ0v) is 17.4. The normalized spacial score (nSPS) is 20.2. The Morgan fingerprint density at radius 1 is 1.23 bits per heavy atom. The number of alkyl halides is 2. The molecule has 0 amide bonds. The number of ketones is 1. The second-order valence-corrected chi connectivity index (χ2v) is 7.97. The molecule has 2 aromatic rings. The molecule has 0 aromatic carbocycles. The van der Waals surface area contributed by atoms with Crippen molar-refractivity contribution in [2.45, 2.75) is 57.8 Å². The van der Waals surface area contributed by atoms with Crippen molar-refractivity contribution in [1.29, 1.82) is 0 Å². The highest BCUT2D eigenvalue weighted by molar-refractivity contribution is 5.95. The average Bonchev–Trinajstić information content (AvgIpc) is 2.77. The van der Waals surface area contributed by atoms with E-state index in [1.54, 1.807) is 12.1 Å². The van der Waals surface area contributed by atoms with Crippen molar-refractivity contribution in [2.24, 2.45) is 11.8 Å². The molecule has 7 heteroatoms.